The Morgan fingerprint density at radius 1 is 1.03 bits per heavy atom. The summed E-state index contributed by atoms with van der Waals surface area (Å²) in [6.45, 7) is 6.30. The van der Waals surface area contributed by atoms with Gasteiger partial charge in [-0.15, -0.1) is 0 Å². The largest absolute Gasteiger partial charge is 0.494 e. The van der Waals surface area contributed by atoms with E-state index in [4.69, 9.17) is 4.74 Å². The van der Waals surface area contributed by atoms with Crippen LogP contribution in [-0.4, -0.2) is 46.3 Å². The standard InChI is InChI=1S/C24H33N3O4S/c1-4-23(27(32(3,29)30)21-13-15-22(16-14-21)31-5-2)24(28)25-19-9-11-20(12-10-19)26-17-7-6-8-18-26/h9-16,23H,4-8,17-18H2,1-3H3,(H,25,28). The van der Waals surface area contributed by atoms with Crippen LogP contribution in [0.25, 0.3) is 0 Å². The highest BCUT2D eigenvalue weighted by atomic mass is 32.2. The quantitative estimate of drug-likeness (QED) is 0.606. The molecule has 3 rings (SSSR count). The molecule has 0 spiro atoms. The normalized spacial score (nSPS) is 15.2. The van der Waals surface area contributed by atoms with Gasteiger partial charge >= 0.3 is 0 Å². The van der Waals surface area contributed by atoms with Gasteiger partial charge in [-0.1, -0.05) is 6.92 Å². The van der Waals surface area contributed by atoms with Gasteiger partial charge in [0.15, 0.2) is 0 Å². The van der Waals surface area contributed by atoms with Crippen molar-refractivity contribution in [3.63, 3.8) is 0 Å². The number of amides is 1. The SMILES string of the molecule is CCOc1ccc(N(C(CC)C(=O)Nc2ccc(N3CCCCC3)cc2)S(C)(=O)=O)cc1. The van der Waals surface area contributed by atoms with E-state index in [1.807, 2.05) is 31.2 Å². The van der Waals surface area contributed by atoms with E-state index in [9.17, 15) is 13.2 Å². The maximum atomic E-state index is 13.1. The lowest BCUT2D eigenvalue weighted by Gasteiger charge is -2.30. The number of sulfonamides is 1. The van der Waals surface area contributed by atoms with E-state index < -0.39 is 16.1 Å². The Bertz CT molecular complexity index is 985. The summed E-state index contributed by atoms with van der Waals surface area (Å²) in [5.41, 5.74) is 2.22. The Kier molecular flexibility index (Phi) is 8.01. The zero-order valence-corrected chi connectivity index (χ0v) is 19.9. The Labute approximate surface area is 191 Å². The van der Waals surface area contributed by atoms with Crippen molar-refractivity contribution in [2.24, 2.45) is 0 Å². The minimum Gasteiger partial charge on any atom is -0.494 e. The third-order valence-electron chi connectivity index (χ3n) is 5.59. The summed E-state index contributed by atoms with van der Waals surface area (Å²) in [4.78, 5) is 15.5. The van der Waals surface area contributed by atoms with E-state index in [1.54, 1.807) is 31.2 Å². The molecule has 0 bridgehead atoms. The minimum absolute atomic E-state index is 0.331. The summed E-state index contributed by atoms with van der Waals surface area (Å²) >= 11 is 0. The van der Waals surface area contributed by atoms with E-state index in [0.717, 1.165) is 25.0 Å². The van der Waals surface area contributed by atoms with Gasteiger partial charge in [0.1, 0.15) is 11.8 Å². The van der Waals surface area contributed by atoms with Crippen LogP contribution in [0.15, 0.2) is 48.5 Å². The van der Waals surface area contributed by atoms with Crippen molar-refractivity contribution in [1.82, 2.24) is 0 Å². The molecule has 32 heavy (non-hydrogen) atoms. The van der Waals surface area contributed by atoms with Crippen LogP contribution in [0.3, 0.4) is 0 Å². The van der Waals surface area contributed by atoms with Gasteiger partial charge < -0.3 is 15.0 Å². The Morgan fingerprint density at radius 3 is 2.19 bits per heavy atom. The van der Waals surface area contributed by atoms with Crippen LogP contribution < -0.4 is 19.3 Å². The molecule has 1 N–H and O–H groups in total. The van der Waals surface area contributed by atoms with Gasteiger partial charge in [0.2, 0.25) is 15.9 Å². The van der Waals surface area contributed by atoms with Gasteiger partial charge in [0.05, 0.1) is 18.6 Å². The van der Waals surface area contributed by atoms with E-state index in [1.165, 1.54) is 23.6 Å². The number of piperidine rings is 1. The number of anilines is 3. The summed E-state index contributed by atoms with van der Waals surface area (Å²) in [7, 11) is -3.69. The first kappa shape index (κ1) is 23.9. The summed E-state index contributed by atoms with van der Waals surface area (Å²) in [6.07, 6.45) is 5.12. The molecule has 8 heteroatoms. The number of nitrogens with zero attached hydrogens (tertiary/aromatic N) is 2. The average Bonchev–Trinajstić information content (AvgIpc) is 2.78. The van der Waals surface area contributed by atoms with Crippen LogP contribution in [-0.2, 0) is 14.8 Å². The maximum Gasteiger partial charge on any atom is 0.248 e. The molecule has 2 aromatic rings. The Hall–Kier alpha value is -2.74. The molecule has 1 amide bonds. The fourth-order valence-electron chi connectivity index (χ4n) is 4.05. The fourth-order valence-corrected chi connectivity index (χ4v) is 5.26. The van der Waals surface area contributed by atoms with Gasteiger partial charge in [-0.05, 0) is 81.1 Å². The smallest absolute Gasteiger partial charge is 0.248 e. The first-order valence-electron chi connectivity index (χ1n) is 11.2. The molecule has 0 aromatic heterocycles. The van der Waals surface area contributed by atoms with Crippen molar-refractivity contribution < 1.29 is 17.9 Å². The number of nitrogens with one attached hydrogen (secondary N) is 1. The van der Waals surface area contributed by atoms with Gasteiger partial charge in [0.25, 0.3) is 0 Å². The van der Waals surface area contributed by atoms with Crippen LogP contribution >= 0.6 is 0 Å². The topological polar surface area (TPSA) is 79.0 Å². The van der Waals surface area contributed by atoms with Gasteiger partial charge in [0, 0.05) is 24.5 Å². The van der Waals surface area contributed by atoms with E-state index in [0.29, 0.717) is 30.2 Å². The number of carbonyl (C=O) groups is 1. The highest BCUT2D eigenvalue weighted by Crippen LogP contribution is 2.26. The predicted octanol–water partition coefficient (Wildman–Crippen LogP) is 4.26. The molecular weight excluding hydrogens is 426 g/mol. The average molecular weight is 460 g/mol. The molecule has 0 radical (unpaired) electrons. The molecule has 1 atom stereocenters. The number of rotatable bonds is 9. The van der Waals surface area contributed by atoms with E-state index in [2.05, 4.69) is 10.2 Å². The van der Waals surface area contributed by atoms with Crippen molar-refractivity contribution in [2.75, 3.05) is 40.5 Å². The molecule has 1 unspecified atom stereocenters. The Balaban J connectivity index is 1.77. The molecule has 1 aliphatic heterocycles. The van der Waals surface area contributed by atoms with Crippen molar-refractivity contribution in [3.8, 4) is 5.75 Å². The van der Waals surface area contributed by atoms with Crippen LogP contribution in [0.5, 0.6) is 5.75 Å². The van der Waals surface area contributed by atoms with Crippen molar-refractivity contribution in [3.05, 3.63) is 48.5 Å². The lowest BCUT2D eigenvalue weighted by molar-refractivity contribution is -0.117. The van der Waals surface area contributed by atoms with Crippen molar-refractivity contribution in [1.29, 1.82) is 0 Å². The molecule has 1 fully saturated rings. The molecule has 7 nitrogen and oxygen atoms in total. The molecular formula is C24H33N3O4S. The van der Waals surface area contributed by atoms with Crippen LogP contribution in [0.1, 0.15) is 39.5 Å². The number of hydrogen-bond donors (Lipinski definition) is 1. The van der Waals surface area contributed by atoms with Crippen LogP contribution in [0, 0.1) is 0 Å². The lowest BCUT2D eigenvalue weighted by atomic mass is 10.1. The third kappa shape index (κ3) is 5.94. The molecule has 2 aromatic carbocycles. The molecule has 1 heterocycles. The number of ether oxygens (including phenoxy) is 1. The lowest BCUT2D eigenvalue weighted by Crippen LogP contribution is -2.47. The van der Waals surface area contributed by atoms with E-state index >= 15 is 0 Å². The second-order valence-corrected chi connectivity index (χ2v) is 9.85. The van der Waals surface area contributed by atoms with Gasteiger partial charge in [-0.25, -0.2) is 8.42 Å². The third-order valence-corrected chi connectivity index (χ3v) is 6.77. The molecule has 174 valence electrons. The van der Waals surface area contributed by atoms with Crippen LogP contribution in [0.2, 0.25) is 0 Å². The summed E-state index contributed by atoms with van der Waals surface area (Å²) in [5, 5.41) is 2.89. The van der Waals surface area contributed by atoms with Gasteiger partial charge in [-0.2, -0.15) is 0 Å². The summed E-state index contributed by atoms with van der Waals surface area (Å²) in [5.74, 6) is 0.286. The minimum atomic E-state index is -3.69. The molecule has 0 saturated carbocycles. The zero-order valence-electron chi connectivity index (χ0n) is 19.1. The summed E-state index contributed by atoms with van der Waals surface area (Å²) < 4.78 is 31.9. The molecule has 0 aliphatic carbocycles. The first-order valence-corrected chi connectivity index (χ1v) is 13.1. The number of hydrogen-bond acceptors (Lipinski definition) is 5. The van der Waals surface area contributed by atoms with Gasteiger partial charge in [-0.3, -0.25) is 9.10 Å². The molecule has 1 saturated heterocycles. The predicted molar refractivity (Wildman–Crippen MR) is 130 cm³/mol. The zero-order chi connectivity index (χ0) is 23.1. The fraction of sp³-hybridized carbons (Fsp3) is 0.458. The second kappa shape index (κ2) is 10.7. The van der Waals surface area contributed by atoms with Crippen molar-refractivity contribution >= 4 is 33.0 Å². The van der Waals surface area contributed by atoms with E-state index in [-0.39, 0.29) is 5.91 Å². The Morgan fingerprint density at radius 2 is 1.66 bits per heavy atom. The summed E-state index contributed by atoms with van der Waals surface area (Å²) in [6, 6.07) is 13.6. The molecule has 1 aliphatic rings. The second-order valence-electron chi connectivity index (χ2n) is 7.99. The highest BCUT2D eigenvalue weighted by Gasteiger charge is 2.31. The maximum absolute atomic E-state index is 13.1. The van der Waals surface area contributed by atoms with Crippen molar-refractivity contribution in [2.45, 2.75) is 45.6 Å². The first-order chi connectivity index (χ1) is 15.3. The highest BCUT2D eigenvalue weighted by molar-refractivity contribution is 7.92. The monoisotopic (exact) mass is 459 g/mol. The number of carbonyl (C=O) groups excluding carboxylic acids is 1. The number of benzene rings is 2. The van der Waals surface area contributed by atoms with Crippen LogP contribution in [0.4, 0.5) is 17.1 Å².